The molecule has 0 radical (unpaired) electrons. The number of carbonyl (C=O) groups is 2. The van der Waals surface area contributed by atoms with Crippen LogP contribution in [0.4, 0.5) is 11.4 Å². The maximum atomic E-state index is 12.6. The predicted octanol–water partition coefficient (Wildman–Crippen LogP) is 4.87. The summed E-state index contributed by atoms with van der Waals surface area (Å²) in [6, 6.07) is 10.9. The highest BCUT2D eigenvalue weighted by Crippen LogP contribution is 2.25. The molecule has 132 valence electrons. The van der Waals surface area contributed by atoms with Crippen molar-refractivity contribution in [2.24, 2.45) is 5.41 Å². The predicted molar refractivity (Wildman–Crippen MR) is 103 cm³/mol. The van der Waals surface area contributed by atoms with Gasteiger partial charge in [0.1, 0.15) is 5.41 Å². The van der Waals surface area contributed by atoms with Crippen LogP contribution in [0.3, 0.4) is 0 Å². The molecule has 4 nitrogen and oxygen atoms in total. The Morgan fingerprint density at radius 2 is 1.44 bits per heavy atom. The molecule has 0 aliphatic rings. The number of aryl methyl sites for hydroxylation is 3. The lowest BCUT2D eigenvalue weighted by atomic mass is 9.90. The Morgan fingerprint density at radius 1 is 0.840 bits per heavy atom. The van der Waals surface area contributed by atoms with Crippen molar-refractivity contribution < 1.29 is 9.59 Å². The summed E-state index contributed by atoms with van der Waals surface area (Å²) in [5.41, 5.74) is 3.13. The van der Waals surface area contributed by atoms with E-state index in [1.54, 1.807) is 26.0 Å². The lowest BCUT2D eigenvalue weighted by Crippen LogP contribution is -2.41. The molecule has 0 aliphatic heterocycles. The average molecular weight is 359 g/mol. The fourth-order valence-corrected chi connectivity index (χ4v) is 2.39. The first-order valence-electron chi connectivity index (χ1n) is 8.07. The number of hydrogen-bond donors (Lipinski definition) is 2. The highest BCUT2D eigenvalue weighted by Gasteiger charge is 2.36. The van der Waals surface area contributed by atoms with E-state index < -0.39 is 5.41 Å². The summed E-state index contributed by atoms with van der Waals surface area (Å²) in [7, 11) is 0. The van der Waals surface area contributed by atoms with Gasteiger partial charge in [-0.25, -0.2) is 0 Å². The van der Waals surface area contributed by atoms with Crippen molar-refractivity contribution in [2.45, 2.75) is 34.6 Å². The van der Waals surface area contributed by atoms with Crippen molar-refractivity contribution in [3.63, 3.8) is 0 Å². The molecule has 2 N–H and O–H groups in total. The number of amides is 2. The number of nitrogens with one attached hydrogen (secondary N) is 2. The molecule has 0 saturated heterocycles. The highest BCUT2D eigenvalue weighted by atomic mass is 35.5. The summed E-state index contributed by atoms with van der Waals surface area (Å²) in [5.74, 6) is -0.757. The second-order valence-electron chi connectivity index (χ2n) is 6.79. The molecule has 5 heteroatoms. The van der Waals surface area contributed by atoms with Crippen LogP contribution in [-0.2, 0) is 9.59 Å². The smallest absolute Gasteiger partial charge is 0.239 e. The van der Waals surface area contributed by atoms with Gasteiger partial charge in [0.2, 0.25) is 11.8 Å². The molecule has 0 aliphatic carbocycles. The maximum absolute atomic E-state index is 12.6. The third-order valence-corrected chi connectivity index (χ3v) is 4.58. The molecule has 0 unspecified atom stereocenters. The van der Waals surface area contributed by atoms with E-state index in [1.807, 2.05) is 45.0 Å². The normalized spacial score (nSPS) is 11.1. The van der Waals surface area contributed by atoms with Gasteiger partial charge >= 0.3 is 0 Å². The van der Waals surface area contributed by atoms with Gasteiger partial charge in [0.05, 0.1) is 0 Å². The lowest BCUT2D eigenvalue weighted by Gasteiger charge is -2.23. The van der Waals surface area contributed by atoms with Crippen molar-refractivity contribution in [1.82, 2.24) is 0 Å². The lowest BCUT2D eigenvalue weighted by molar-refractivity contribution is -0.135. The molecule has 2 amide bonds. The van der Waals surface area contributed by atoms with E-state index >= 15 is 0 Å². The van der Waals surface area contributed by atoms with E-state index in [4.69, 9.17) is 11.6 Å². The molecular weight excluding hydrogens is 336 g/mol. The van der Waals surface area contributed by atoms with Crippen molar-refractivity contribution >= 4 is 34.8 Å². The van der Waals surface area contributed by atoms with E-state index in [1.165, 1.54) is 0 Å². The van der Waals surface area contributed by atoms with E-state index in [9.17, 15) is 9.59 Å². The van der Waals surface area contributed by atoms with E-state index in [0.717, 1.165) is 16.7 Å². The van der Waals surface area contributed by atoms with Gasteiger partial charge in [0.25, 0.3) is 0 Å². The van der Waals surface area contributed by atoms with Crippen LogP contribution in [0, 0.1) is 26.2 Å². The molecule has 0 spiro atoms. The molecule has 0 heterocycles. The molecule has 2 aromatic rings. The summed E-state index contributed by atoms with van der Waals surface area (Å²) >= 11 is 5.98. The van der Waals surface area contributed by atoms with Gasteiger partial charge in [-0.05, 0) is 75.6 Å². The molecule has 2 aromatic carbocycles. The van der Waals surface area contributed by atoms with Crippen LogP contribution in [0.1, 0.15) is 30.5 Å². The van der Waals surface area contributed by atoms with E-state index in [2.05, 4.69) is 10.6 Å². The topological polar surface area (TPSA) is 58.2 Å². The zero-order valence-corrected chi connectivity index (χ0v) is 15.9. The standard InChI is InChI=1S/C20H23ClN2O2/c1-12-7-9-16(10-14(12)3)22-18(24)20(4,5)19(25)23-17-11-15(21)8-6-13(17)2/h6-11H,1-5H3,(H,22,24)(H,23,25). The van der Waals surface area contributed by atoms with Crippen molar-refractivity contribution in [1.29, 1.82) is 0 Å². The van der Waals surface area contributed by atoms with Gasteiger partial charge in [-0.1, -0.05) is 23.7 Å². The number of anilines is 2. The Kier molecular flexibility index (Phi) is 5.53. The Balaban J connectivity index is 2.15. The Labute approximate surface area is 153 Å². The average Bonchev–Trinajstić information content (AvgIpc) is 2.54. The second kappa shape index (κ2) is 7.28. The van der Waals surface area contributed by atoms with Gasteiger partial charge < -0.3 is 10.6 Å². The van der Waals surface area contributed by atoms with Crippen molar-refractivity contribution in [2.75, 3.05) is 10.6 Å². The summed E-state index contributed by atoms with van der Waals surface area (Å²) in [4.78, 5) is 25.3. The fourth-order valence-electron chi connectivity index (χ4n) is 2.22. The Bertz CT molecular complexity index is 828. The number of carbonyl (C=O) groups excluding carboxylic acids is 2. The third-order valence-electron chi connectivity index (χ3n) is 4.35. The molecule has 2 rings (SSSR count). The van der Waals surface area contributed by atoms with Gasteiger partial charge in [0, 0.05) is 16.4 Å². The van der Waals surface area contributed by atoms with E-state index in [-0.39, 0.29) is 11.8 Å². The van der Waals surface area contributed by atoms with Gasteiger partial charge in [0.15, 0.2) is 0 Å². The number of halogens is 1. The number of benzene rings is 2. The van der Waals surface area contributed by atoms with Crippen LogP contribution in [0.25, 0.3) is 0 Å². The largest absolute Gasteiger partial charge is 0.325 e. The fraction of sp³-hybridized carbons (Fsp3) is 0.300. The van der Waals surface area contributed by atoms with Crippen LogP contribution in [0.15, 0.2) is 36.4 Å². The quantitative estimate of drug-likeness (QED) is 0.766. The minimum atomic E-state index is -1.24. The molecule has 0 saturated carbocycles. The van der Waals surface area contributed by atoms with E-state index in [0.29, 0.717) is 16.4 Å². The van der Waals surface area contributed by atoms with Gasteiger partial charge in [-0.2, -0.15) is 0 Å². The van der Waals surface area contributed by atoms with Crippen molar-refractivity contribution in [3.8, 4) is 0 Å². The molecular formula is C20H23ClN2O2. The van der Waals surface area contributed by atoms with Crippen molar-refractivity contribution in [3.05, 3.63) is 58.1 Å². The van der Waals surface area contributed by atoms with Crippen LogP contribution < -0.4 is 10.6 Å². The molecule has 0 atom stereocenters. The van der Waals surface area contributed by atoms with Crippen LogP contribution in [0.5, 0.6) is 0 Å². The number of hydrogen-bond acceptors (Lipinski definition) is 2. The van der Waals surface area contributed by atoms with Crippen LogP contribution in [0.2, 0.25) is 5.02 Å². The van der Waals surface area contributed by atoms with Gasteiger partial charge in [-0.3, -0.25) is 9.59 Å². The minimum absolute atomic E-state index is 0.368. The zero-order chi connectivity index (χ0) is 18.8. The molecule has 0 fully saturated rings. The third kappa shape index (κ3) is 4.40. The number of rotatable bonds is 4. The second-order valence-corrected chi connectivity index (χ2v) is 7.23. The zero-order valence-electron chi connectivity index (χ0n) is 15.2. The molecule has 25 heavy (non-hydrogen) atoms. The summed E-state index contributed by atoms with van der Waals surface area (Å²) in [6.07, 6.45) is 0. The van der Waals surface area contributed by atoms with Crippen LogP contribution >= 0.6 is 11.6 Å². The summed E-state index contributed by atoms with van der Waals surface area (Å²) < 4.78 is 0. The molecule has 0 aromatic heterocycles. The monoisotopic (exact) mass is 358 g/mol. The Morgan fingerprint density at radius 3 is 2.08 bits per heavy atom. The molecule has 0 bridgehead atoms. The highest BCUT2D eigenvalue weighted by molar-refractivity contribution is 6.31. The first-order chi connectivity index (χ1) is 11.6. The summed E-state index contributed by atoms with van der Waals surface area (Å²) in [5, 5.41) is 6.14. The summed E-state index contributed by atoms with van der Waals surface area (Å²) in [6.45, 7) is 9.04. The first-order valence-corrected chi connectivity index (χ1v) is 8.45. The minimum Gasteiger partial charge on any atom is -0.325 e. The first kappa shape index (κ1) is 19.0. The van der Waals surface area contributed by atoms with Gasteiger partial charge in [-0.15, -0.1) is 0 Å². The Hall–Kier alpha value is -2.33. The van der Waals surface area contributed by atoms with Crippen LogP contribution in [-0.4, -0.2) is 11.8 Å². The maximum Gasteiger partial charge on any atom is 0.239 e. The SMILES string of the molecule is Cc1ccc(NC(=O)C(C)(C)C(=O)Nc2cc(Cl)ccc2C)cc1C.